The molecule has 1 heterocycles. The summed E-state index contributed by atoms with van der Waals surface area (Å²) in [6.45, 7) is 0. The molecule has 3 rings (SSSR count). The van der Waals surface area contributed by atoms with Crippen molar-refractivity contribution in [1.29, 1.82) is 0 Å². The fourth-order valence-electron chi connectivity index (χ4n) is 1.89. The summed E-state index contributed by atoms with van der Waals surface area (Å²) in [5, 5.41) is 8.06. The van der Waals surface area contributed by atoms with Gasteiger partial charge >= 0.3 is 0 Å². The Hall–Kier alpha value is -2.06. The number of hydrogen-bond acceptors (Lipinski definition) is 1. The first-order valence-electron chi connectivity index (χ1n) is 5.70. The molecule has 0 saturated heterocycles. The molecular weight excluding hydrogens is 244 g/mol. The number of benzene rings is 2. The smallest absolute Gasteiger partial charge is 0.0942 e. The summed E-state index contributed by atoms with van der Waals surface area (Å²) in [5.74, 6) is 0. The van der Waals surface area contributed by atoms with Crippen LogP contribution in [-0.2, 0) is 0 Å². The zero-order valence-electron chi connectivity index (χ0n) is 9.60. The topological polar surface area (TPSA) is 28.7 Å². The van der Waals surface area contributed by atoms with Gasteiger partial charge in [-0.3, -0.25) is 5.10 Å². The van der Waals surface area contributed by atoms with Gasteiger partial charge in [-0.15, -0.1) is 0 Å². The quantitative estimate of drug-likeness (QED) is 0.722. The molecule has 0 saturated carbocycles. The molecule has 0 aliphatic rings. The number of rotatable bonds is 2. The monoisotopic (exact) mass is 254 g/mol. The van der Waals surface area contributed by atoms with E-state index in [2.05, 4.69) is 10.2 Å². The van der Waals surface area contributed by atoms with Gasteiger partial charge in [0.2, 0.25) is 0 Å². The molecule has 88 valence electrons. The summed E-state index contributed by atoms with van der Waals surface area (Å²) >= 11 is 6.16. The lowest BCUT2D eigenvalue weighted by Crippen LogP contribution is -1.78. The molecule has 0 aliphatic heterocycles. The Morgan fingerprint density at radius 1 is 0.889 bits per heavy atom. The zero-order chi connectivity index (χ0) is 12.4. The Kier molecular flexibility index (Phi) is 2.87. The van der Waals surface area contributed by atoms with Gasteiger partial charge in [-0.1, -0.05) is 60.1 Å². The lowest BCUT2D eigenvalue weighted by molar-refractivity contribution is 1.10. The van der Waals surface area contributed by atoms with Crippen molar-refractivity contribution >= 4 is 11.6 Å². The zero-order valence-corrected chi connectivity index (χ0v) is 10.4. The first-order chi connectivity index (χ1) is 8.84. The molecule has 1 N–H and O–H groups in total. The summed E-state index contributed by atoms with van der Waals surface area (Å²) in [6, 6.07) is 19.8. The average Bonchev–Trinajstić information content (AvgIpc) is 2.90. The summed E-state index contributed by atoms with van der Waals surface area (Å²) in [5.41, 5.74) is 3.91. The van der Waals surface area contributed by atoms with Gasteiger partial charge in [0, 0.05) is 5.56 Å². The Bertz CT molecular complexity index is 659. The second-order valence-corrected chi connectivity index (χ2v) is 4.42. The van der Waals surface area contributed by atoms with Crippen LogP contribution in [0.25, 0.3) is 22.5 Å². The predicted molar refractivity (Wildman–Crippen MR) is 74.5 cm³/mol. The van der Waals surface area contributed by atoms with E-state index in [9.17, 15) is 0 Å². The number of hydrogen-bond donors (Lipinski definition) is 1. The van der Waals surface area contributed by atoms with Crippen molar-refractivity contribution in [2.24, 2.45) is 0 Å². The molecule has 0 amide bonds. The largest absolute Gasteiger partial charge is 0.277 e. The van der Waals surface area contributed by atoms with Crippen LogP contribution in [0.4, 0.5) is 0 Å². The maximum atomic E-state index is 6.16. The minimum Gasteiger partial charge on any atom is -0.277 e. The molecule has 0 aliphatic carbocycles. The number of H-pyrrole nitrogens is 1. The van der Waals surface area contributed by atoms with Crippen molar-refractivity contribution in [2.45, 2.75) is 0 Å². The second-order valence-electron chi connectivity index (χ2n) is 4.01. The molecule has 0 spiro atoms. The van der Waals surface area contributed by atoms with Gasteiger partial charge in [-0.25, -0.2) is 0 Å². The first-order valence-corrected chi connectivity index (χ1v) is 6.08. The molecule has 2 aromatic carbocycles. The second kappa shape index (κ2) is 4.67. The van der Waals surface area contributed by atoms with Crippen LogP contribution in [0.15, 0.2) is 60.7 Å². The minimum absolute atomic E-state index is 0.712. The molecule has 0 fully saturated rings. The van der Waals surface area contributed by atoms with Crippen molar-refractivity contribution < 1.29 is 0 Å². The highest BCUT2D eigenvalue weighted by molar-refractivity contribution is 6.33. The van der Waals surface area contributed by atoms with E-state index in [0.29, 0.717) is 5.02 Å². The van der Waals surface area contributed by atoms with Gasteiger partial charge in [0.15, 0.2) is 0 Å². The molecule has 3 aromatic rings. The maximum Gasteiger partial charge on any atom is 0.0942 e. The standard InChI is InChI=1S/C15H11ClN2/c16-13-9-5-4-8-12(13)15-10-14(17-18-15)11-6-2-1-3-7-11/h1-10H,(H,17,18). The first kappa shape index (κ1) is 11.1. The number of halogens is 1. The number of nitrogens with one attached hydrogen (secondary N) is 1. The SMILES string of the molecule is Clc1ccccc1-c1cc(-c2ccccc2)[nH]n1. The van der Waals surface area contributed by atoms with Crippen molar-refractivity contribution in [2.75, 3.05) is 0 Å². The third-order valence-corrected chi connectivity index (χ3v) is 3.14. The normalized spacial score (nSPS) is 10.5. The van der Waals surface area contributed by atoms with Crippen LogP contribution in [0.5, 0.6) is 0 Å². The van der Waals surface area contributed by atoms with Crippen LogP contribution in [0.2, 0.25) is 5.02 Å². The molecule has 3 heteroatoms. The van der Waals surface area contributed by atoms with E-state index >= 15 is 0 Å². The Labute approximate surface area is 110 Å². The highest BCUT2D eigenvalue weighted by atomic mass is 35.5. The predicted octanol–water partition coefficient (Wildman–Crippen LogP) is 4.40. The molecule has 0 unspecified atom stereocenters. The van der Waals surface area contributed by atoms with Crippen LogP contribution in [0.1, 0.15) is 0 Å². The maximum absolute atomic E-state index is 6.16. The number of nitrogens with zero attached hydrogens (tertiary/aromatic N) is 1. The van der Waals surface area contributed by atoms with Crippen LogP contribution in [0, 0.1) is 0 Å². The molecular formula is C15H11ClN2. The molecule has 0 radical (unpaired) electrons. The highest BCUT2D eigenvalue weighted by Crippen LogP contribution is 2.28. The van der Waals surface area contributed by atoms with E-state index in [1.807, 2.05) is 60.7 Å². The van der Waals surface area contributed by atoms with E-state index in [1.165, 1.54) is 0 Å². The summed E-state index contributed by atoms with van der Waals surface area (Å²) < 4.78 is 0. The Balaban J connectivity index is 2.03. The lowest BCUT2D eigenvalue weighted by Gasteiger charge is -1.98. The average molecular weight is 255 g/mol. The van der Waals surface area contributed by atoms with Crippen molar-refractivity contribution in [3.8, 4) is 22.5 Å². The van der Waals surface area contributed by atoms with Crippen LogP contribution in [-0.4, -0.2) is 10.2 Å². The van der Waals surface area contributed by atoms with Gasteiger partial charge < -0.3 is 0 Å². The van der Waals surface area contributed by atoms with E-state index in [0.717, 1.165) is 22.5 Å². The van der Waals surface area contributed by atoms with E-state index < -0.39 is 0 Å². The van der Waals surface area contributed by atoms with E-state index in [-0.39, 0.29) is 0 Å². The molecule has 0 atom stereocenters. The van der Waals surface area contributed by atoms with Gasteiger partial charge in [-0.2, -0.15) is 5.10 Å². The molecule has 18 heavy (non-hydrogen) atoms. The fraction of sp³-hybridized carbons (Fsp3) is 0. The lowest BCUT2D eigenvalue weighted by atomic mass is 10.1. The van der Waals surface area contributed by atoms with Gasteiger partial charge in [0.1, 0.15) is 0 Å². The summed E-state index contributed by atoms with van der Waals surface area (Å²) in [4.78, 5) is 0. The number of aromatic nitrogens is 2. The van der Waals surface area contributed by atoms with Crippen LogP contribution >= 0.6 is 11.6 Å². The molecule has 2 nitrogen and oxygen atoms in total. The van der Waals surface area contributed by atoms with Crippen LogP contribution < -0.4 is 0 Å². The summed E-state index contributed by atoms with van der Waals surface area (Å²) in [6.07, 6.45) is 0. The Morgan fingerprint density at radius 2 is 1.61 bits per heavy atom. The van der Waals surface area contributed by atoms with Gasteiger partial charge in [0.05, 0.1) is 16.4 Å². The highest BCUT2D eigenvalue weighted by Gasteiger charge is 2.07. The van der Waals surface area contributed by atoms with Gasteiger partial charge in [0.25, 0.3) is 0 Å². The molecule has 0 bridgehead atoms. The van der Waals surface area contributed by atoms with Crippen molar-refractivity contribution in [1.82, 2.24) is 10.2 Å². The number of aromatic amines is 1. The van der Waals surface area contributed by atoms with Crippen molar-refractivity contribution in [3.63, 3.8) is 0 Å². The third kappa shape index (κ3) is 2.03. The third-order valence-electron chi connectivity index (χ3n) is 2.81. The van der Waals surface area contributed by atoms with Gasteiger partial charge in [-0.05, 0) is 17.7 Å². The molecule has 1 aromatic heterocycles. The Morgan fingerprint density at radius 3 is 2.39 bits per heavy atom. The van der Waals surface area contributed by atoms with E-state index in [1.54, 1.807) is 0 Å². The van der Waals surface area contributed by atoms with E-state index in [4.69, 9.17) is 11.6 Å². The van der Waals surface area contributed by atoms with Crippen molar-refractivity contribution in [3.05, 3.63) is 65.7 Å². The minimum atomic E-state index is 0.712. The summed E-state index contributed by atoms with van der Waals surface area (Å²) in [7, 11) is 0. The van der Waals surface area contributed by atoms with Crippen LogP contribution in [0.3, 0.4) is 0 Å². The fourth-order valence-corrected chi connectivity index (χ4v) is 2.13.